The summed E-state index contributed by atoms with van der Waals surface area (Å²) < 4.78 is 14.0. The molecule has 2 aromatic rings. The van der Waals surface area contributed by atoms with Crippen molar-refractivity contribution in [1.29, 1.82) is 5.26 Å². The molecule has 3 N–H and O–H groups in total. The number of hydrogen-bond donors (Lipinski definition) is 2. The van der Waals surface area contributed by atoms with Crippen LogP contribution < -0.4 is 11.1 Å². The van der Waals surface area contributed by atoms with Crippen LogP contribution in [0.25, 0.3) is 0 Å². The van der Waals surface area contributed by atoms with Crippen molar-refractivity contribution in [1.82, 2.24) is 14.8 Å². The second kappa shape index (κ2) is 5.14. The molecule has 96 valence electrons. The first-order valence-corrected chi connectivity index (χ1v) is 5.23. The molecule has 0 unspecified atom stereocenters. The van der Waals surface area contributed by atoms with Crippen LogP contribution in [0, 0.1) is 17.1 Å². The first-order valence-electron chi connectivity index (χ1n) is 5.23. The van der Waals surface area contributed by atoms with Crippen LogP contribution in [0.15, 0.2) is 24.5 Å². The van der Waals surface area contributed by atoms with Gasteiger partial charge >= 0.3 is 0 Å². The van der Waals surface area contributed by atoms with Gasteiger partial charge < -0.3 is 11.1 Å². The normalized spacial score (nSPS) is 9.89. The Morgan fingerprint density at radius 2 is 2.37 bits per heavy atom. The molecule has 0 bridgehead atoms. The van der Waals surface area contributed by atoms with Crippen LogP contribution in [0.3, 0.4) is 0 Å². The highest BCUT2D eigenvalue weighted by molar-refractivity contribution is 5.93. The van der Waals surface area contributed by atoms with Gasteiger partial charge in [-0.3, -0.25) is 4.79 Å². The topological polar surface area (TPSA) is 110 Å². The van der Waals surface area contributed by atoms with Gasteiger partial charge in [0.1, 0.15) is 24.8 Å². The molecule has 0 aliphatic rings. The number of carbonyl (C=O) groups excluding carboxylic acids is 1. The van der Waals surface area contributed by atoms with Crippen LogP contribution in [-0.2, 0) is 11.3 Å². The molecule has 0 aliphatic heterocycles. The average molecular weight is 260 g/mol. The lowest BCUT2D eigenvalue weighted by atomic mass is 10.2. The fourth-order valence-corrected chi connectivity index (χ4v) is 1.41. The molecule has 1 aromatic carbocycles. The van der Waals surface area contributed by atoms with Crippen LogP contribution in [0.5, 0.6) is 0 Å². The van der Waals surface area contributed by atoms with Crippen LogP contribution in [0.2, 0.25) is 0 Å². The molecule has 1 heterocycles. The molecular formula is C11H9FN6O. The monoisotopic (exact) mass is 260 g/mol. The highest BCUT2D eigenvalue weighted by atomic mass is 19.1. The number of anilines is 2. The van der Waals surface area contributed by atoms with Gasteiger partial charge in [0.2, 0.25) is 5.91 Å². The van der Waals surface area contributed by atoms with Crippen molar-refractivity contribution in [3.8, 4) is 6.07 Å². The van der Waals surface area contributed by atoms with Crippen molar-refractivity contribution in [2.45, 2.75) is 6.54 Å². The van der Waals surface area contributed by atoms with Crippen molar-refractivity contribution < 1.29 is 9.18 Å². The zero-order valence-corrected chi connectivity index (χ0v) is 9.67. The van der Waals surface area contributed by atoms with Crippen molar-refractivity contribution in [3.63, 3.8) is 0 Å². The molecule has 0 aliphatic carbocycles. The molecule has 0 radical (unpaired) electrons. The van der Waals surface area contributed by atoms with E-state index in [1.54, 1.807) is 6.07 Å². The minimum Gasteiger partial charge on any atom is -0.397 e. The molecule has 0 spiro atoms. The molecule has 0 saturated heterocycles. The molecule has 19 heavy (non-hydrogen) atoms. The highest BCUT2D eigenvalue weighted by Gasteiger charge is 2.08. The first kappa shape index (κ1) is 12.5. The first-order chi connectivity index (χ1) is 9.08. The second-order valence-electron chi connectivity index (χ2n) is 3.66. The van der Waals surface area contributed by atoms with Gasteiger partial charge in [-0.15, -0.1) is 5.10 Å². The van der Waals surface area contributed by atoms with Gasteiger partial charge in [-0.1, -0.05) is 0 Å². The van der Waals surface area contributed by atoms with E-state index >= 15 is 0 Å². The summed E-state index contributed by atoms with van der Waals surface area (Å²) in [7, 11) is 0. The Balaban J connectivity index is 2.03. The number of nitrogens with zero attached hydrogens (tertiary/aromatic N) is 4. The van der Waals surface area contributed by atoms with E-state index in [1.807, 2.05) is 0 Å². The second-order valence-corrected chi connectivity index (χ2v) is 3.66. The average Bonchev–Trinajstić information content (AvgIpc) is 2.80. The summed E-state index contributed by atoms with van der Waals surface area (Å²) in [5, 5.41) is 14.8. The maximum absolute atomic E-state index is 12.8. The number of carbonyl (C=O) groups is 1. The number of aromatic nitrogens is 3. The van der Waals surface area contributed by atoms with E-state index in [4.69, 9.17) is 11.0 Å². The van der Waals surface area contributed by atoms with Crippen molar-refractivity contribution in [2.24, 2.45) is 0 Å². The summed E-state index contributed by atoms with van der Waals surface area (Å²) in [6, 6.07) is 5.41. The van der Waals surface area contributed by atoms with E-state index in [0.717, 1.165) is 6.07 Å². The Hall–Kier alpha value is -2.95. The fraction of sp³-hybridized carbons (Fsp3) is 0.0909. The number of hydrogen-bond acceptors (Lipinski definition) is 5. The van der Waals surface area contributed by atoms with Gasteiger partial charge in [0.15, 0.2) is 0 Å². The molecule has 0 atom stereocenters. The molecule has 0 saturated carbocycles. The number of nitrogens with one attached hydrogen (secondary N) is 1. The SMILES string of the molecule is N#Cc1ncn(CC(=O)Nc2ccc(F)cc2N)n1. The number of halogens is 1. The largest absolute Gasteiger partial charge is 0.397 e. The van der Waals surface area contributed by atoms with E-state index in [2.05, 4.69) is 15.4 Å². The molecular weight excluding hydrogens is 251 g/mol. The molecule has 8 heteroatoms. The van der Waals surface area contributed by atoms with Gasteiger partial charge in [0, 0.05) is 0 Å². The summed E-state index contributed by atoms with van der Waals surface area (Å²) in [5.41, 5.74) is 6.00. The summed E-state index contributed by atoms with van der Waals surface area (Å²) in [4.78, 5) is 15.3. The third-order valence-electron chi connectivity index (χ3n) is 2.23. The number of rotatable bonds is 3. The van der Waals surface area contributed by atoms with Gasteiger partial charge in [-0.25, -0.2) is 14.1 Å². The summed E-state index contributed by atoms with van der Waals surface area (Å²) >= 11 is 0. The molecule has 0 fully saturated rings. The summed E-state index contributed by atoms with van der Waals surface area (Å²) in [6.07, 6.45) is 1.27. The maximum Gasteiger partial charge on any atom is 0.252 e. The van der Waals surface area contributed by atoms with Crippen molar-refractivity contribution in [2.75, 3.05) is 11.1 Å². The summed E-state index contributed by atoms with van der Waals surface area (Å²) in [5.74, 6) is -0.910. The van der Waals surface area contributed by atoms with Gasteiger partial charge in [-0.05, 0) is 18.2 Å². The zero-order valence-electron chi connectivity index (χ0n) is 9.67. The lowest BCUT2D eigenvalue weighted by Gasteiger charge is -2.07. The van der Waals surface area contributed by atoms with Gasteiger partial charge in [0.05, 0.1) is 11.4 Å². The zero-order chi connectivity index (χ0) is 13.8. The van der Waals surface area contributed by atoms with Gasteiger partial charge in [-0.2, -0.15) is 5.26 Å². The van der Waals surface area contributed by atoms with Crippen molar-refractivity contribution in [3.05, 3.63) is 36.2 Å². The van der Waals surface area contributed by atoms with E-state index in [-0.39, 0.29) is 18.1 Å². The lowest BCUT2D eigenvalue weighted by molar-refractivity contribution is -0.116. The Morgan fingerprint density at radius 1 is 1.58 bits per heavy atom. The van der Waals surface area contributed by atoms with Crippen LogP contribution >= 0.6 is 0 Å². The Bertz CT molecular complexity index is 659. The van der Waals surface area contributed by atoms with E-state index in [0.29, 0.717) is 5.69 Å². The van der Waals surface area contributed by atoms with Crippen LogP contribution in [-0.4, -0.2) is 20.7 Å². The van der Waals surface area contributed by atoms with Gasteiger partial charge in [0.25, 0.3) is 5.82 Å². The van der Waals surface area contributed by atoms with Crippen LogP contribution in [0.1, 0.15) is 5.82 Å². The quantitative estimate of drug-likeness (QED) is 0.781. The van der Waals surface area contributed by atoms with Crippen LogP contribution in [0.4, 0.5) is 15.8 Å². The number of nitriles is 1. The predicted molar refractivity (Wildman–Crippen MR) is 64.2 cm³/mol. The Kier molecular flexibility index (Phi) is 3.38. The lowest BCUT2D eigenvalue weighted by Crippen LogP contribution is -2.19. The predicted octanol–water partition coefficient (Wildman–Crippen LogP) is 0.510. The fourth-order valence-electron chi connectivity index (χ4n) is 1.41. The van der Waals surface area contributed by atoms with Crippen molar-refractivity contribution >= 4 is 17.3 Å². The summed E-state index contributed by atoms with van der Waals surface area (Å²) in [6.45, 7) is -0.120. The Morgan fingerprint density at radius 3 is 3.00 bits per heavy atom. The molecule has 7 nitrogen and oxygen atoms in total. The molecule has 1 amide bonds. The number of nitrogens with two attached hydrogens (primary N) is 1. The van der Waals surface area contributed by atoms with E-state index < -0.39 is 11.7 Å². The number of nitrogen functional groups attached to an aromatic ring is 1. The van der Waals surface area contributed by atoms with E-state index in [1.165, 1.54) is 23.1 Å². The highest BCUT2D eigenvalue weighted by Crippen LogP contribution is 2.18. The third-order valence-corrected chi connectivity index (χ3v) is 2.23. The number of benzene rings is 1. The maximum atomic E-state index is 12.8. The third kappa shape index (κ3) is 3.04. The number of amides is 1. The minimum absolute atomic E-state index is 0.0194. The smallest absolute Gasteiger partial charge is 0.252 e. The minimum atomic E-state index is -0.481. The van der Waals surface area contributed by atoms with E-state index in [9.17, 15) is 9.18 Å². The molecule has 2 rings (SSSR count). The standard InChI is InChI=1S/C11H9FN6O/c12-7-1-2-9(8(14)3-7)16-11(19)5-18-6-15-10(4-13)17-18/h1-3,6H,5,14H2,(H,16,19). The molecule has 1 aromatic heterocycles. The Labute approximate surface area is 107 Å².